The van der Waals surface area contributed by atoms with Crippen molar-refractivity contribution in [3.8, 4) is 0 Å². The lowest BCUT2D eigenvalue weighted by molar-refractivity contribution is 0.0112. The number of hydrogen-bond acceptors (Lipinski definition) is 4. The molecule has 0 aromatic heterocycles. The minimum Gasteiger partial charge on any atom is -0.409 e. The zero-order chi connectivity index (χ0) is 11.3. The van der Waals surface area contributed by atoms with Gasteiger partial charge in [-0.15, -0.1) is 0 Å². The maximum absolute atomic E-state index is 8.58. The molecule has 5 nitrogen and oxygen atoms in total. The van der Waals surface area contributed by atoms with Crippen molar-refractivity contribution in [2.45, 2.75) is 38.8 Å². The summed E-state index contributed by atoms with van der Waals surface area (Å²) >= 11 is 0. The van der Waals surface area contributed by atoms with Gasteiger partial charge in [-0.25, -0.2) is 0 Å². The van der Waals surface area contributed by atoms with Gasteiger partial charge in [-0.2, -0.15) is 0 Å². The molecule has 0 saturated carbocycles. The molecule has 0 aliphatic carbocycles. The van der Waals surface area contributed by atoms with Gasteiger partial charge in [0.05, 0.1) is 12.1 Å². The molecule has 3 N–H and O–H groups in total. The van der Waals surface area contributed by atoms with Crippen molar-refractivity contribution in [1.82, 2.24) is 4.90 Å². The molecule has 1 aliphatic heterocycles. The highest BCUT2D eigenvalue weighted by atomic mass is 16.5. The van der Waals surface area contributed by atoms with E-state index >= 15 is 0 Å². The van der Waals surface area contributed by atoms with Crippen molar-refractivity contribution in [3.63, 3.8) is 0 Å². The summed E-state index contributed by atoms with van der Waals surface area (Å²) < 4.78 is 5.56. The molecule has 1 saturated heterocycles. The zero-order valence-corrected chi connectivity index (χ0v) is 9.52. The van der Waals surface area contributed by atoms with Crippen LogP contribution in [0.3, 0.4) is 0 Å². The number of likely N-dealkylation sites (tertiary alicyclic amines) is 1. The van der Waals surface area contributed by atoms with Crippen LogP contribution in [-0.4, -0.2) is 47.8 Å². The summed E-state index contributed by atoms with van der Waals surface area (Å²) in [5.74, 6) is 0.282. The zero-order valence-electron chi connectivity index (χ0n) is 9.52. The van der Waals surface area contributed by atoms with Gasteiger partial charge < -0.3 is 15.7 Å². The molecule has 0 amide bonds. The van der Waals surface area contributed by atoms with Gasteiger partial charge in [-0.3, -0.25) is 4.90 Å². The minimum absolute atomic E-state index is 0.0116. The molecular formula is C10H21N3O2. The van der Waals surface area contributed by atoms with E-state index in [-0.39, 0.29) is 11.9 Å². The van der Waals surface area contributed by atoms with Crippen LogP contribution in [0.25, 0.3) is 0 Å². The molecule has 0 aromatic carbocycles. The Kier molecular flexibility index (Phi) is 4.84. The normalized spacial score (nSPS) is 22.9. The molecule has 1 aliphatic rings. The summed E-state index contributed by atoms with van der Waals surface area (Å²) in [6.45, 7) is 6.64. The Morgan fingerprint density at radius 3 is 2.67 bits per heavy atom. The van der Waals surface area contributed by atoms with Crippen LogP contribution in [0.1, 0.15) is 26.7 Å². The lowest BCUT2D eigenvalue weighted by Crippen LogP contribution is -2.47. The van der Waals surface area contributed by atoms with Crippen molar-refractivity contribution >= 4 is 5.84 Å². The molecule has 1 heterocycles. The Bertz CT molecular complexity index is 213. The standard InChI is InChI=1S/C10H21N3O2/c1-3-15-9-4-6-13(7-5-9)8(2)10(11)12-14/h8-9,14H,3-7H2,1-2H3,(H2,11,12). The molecular weight excluding hydrogens is 194 g/mol. The molecule has 15 heavy (non-hydrogen) atoms. The Morgan fingerprint density at radius 1 is 1.60 bits per heavy atom. The first-order valence-corrected chi connectivity index (χ1v) is 5.52. The minimum atomic E-state index is 0.0116. The second-order valence-corrected chi connectivity index (χ2v) is 3.89. The smallest absolute Gasteiger partial charge is 0.156 e. The Hall–Kier alpha value is -0.810. The van der Waals surface area contributed by atoms with E-state index in [0.29, 0.717) is 6.10 Å². The molecule has 88 valence electrons. The number of amidine groups is 1. The molecule has 1 rings (SSSR count). The topological polar surface area (TPSA) is 71.1 Å². The second-order valence-electron chi connectivity index (χ2n) is 3.89. The van der Waals surface area contributed by atoms with E-state index in [1.807, 2.05) is 13.8 Å². The summed E-state index contributed by atoms with van der Waals surface area (Å²) in [6, 6.07) is 0.0116. The third-order valence-corrected chi connectivity index (χ3v) is 2.97. The third kappa shape index (κ3) is 3.35. The molecule has 0 aromatic rings. The Morgan fingerprint density at radius 2 is 2.20 bits per heavy atom. The largest absolute Gasteiger partial charge is 0.409 e. The van der Waals surface area contributed by atoms with E-state index < -0.39 is 0 Å². The fourth-order valence-corrected chi connectivity index (χ4v) is 1.94. The van der Waals surface area contributed by atoms with Crippen LogP contribution in [0.2, 0.25) is 0 Å². The SMILES string of the molecule is CCOC1CCN(C(C)C(N)=NO)CC1. The average molecular weight is 215 g/mol. The molecule has 0 bridgehead atoms. The number of nitrogens with two attached hydrogens (primary N) is 1. The highest BCUT2D eigenvalue weighted by Gasteiger charge is 2.24. The first kappa shape index (κ1) is 12.3. The number of oxime groups is 1. The van der Waals surface area contributed by atoms with Crippen molar-refractivity contribution < 1.29 is 9.94 Å². The fourth-order valence-electron chi connectivity index (χ4n) is 1.94. The summed E-state index contributed by atoms with van der Waals surface area (Å²) in [4.78, 5) is 2.21. The third-order valence-electron chi connectivity index (χ3n) is 2.97. The van der Waals surface area contributed by atoms with E-state index in [4.69, 9.17) is 15.7 Å². The number of ether oxygens (including phenoxy) is 1. The van der Waals surface area contributed by atoms with Crippen LogP contribution < -0.4 is 5.73 Å². The number of piperidine rings is 1. The lowest BCUT2D eigenvalue weighted by Gasteiger charge is -2.35. The predicted octanol–water partition coefficient (Wildman–Crippen LogP) is 0.622. The lowest BCUT2D eigenvalue weighted by atomic mass is 10.1. The first-order valence-electron chi connectivity index (χ1n) is 5.52. The van der Waals surface area contributed by atoms with Crippen LogP contribution in [0, 0.1) is 0 Å². The highest BCUT2D eigenvalue weighted by molar-refractivity contribution is 5.84. The van der Waals surface area contributed by atoms with Crippen molar-refractivity contribution in [2.24, 2.45) is 10.9 Å². The quantitative estimate of drug-likeness (QED) is 0.312. The average Bonchev–Trinajstić information content (AvgIpc) is 2.28. The monoisotopic (exact) mass is 215 g/mol. The maximum atomic E-state index is 8.58. The molecule has 5 heteroatoms. The summed E-state index contributed by atoms with van der Waals surface area (Å²) in [6.07, 6.45) is 2.43. The van der Waals surface area contributed by atoms with E-state index in [9.17, 15) is 0 Å². The maximum Gasteiger partial charge on any atom is 0.156 e. The van der Waals surface area contributed by atoms with Gasteiger partial charge in [0, 0.05) is 19.7 Å². The first-order chi connectivity index (χ1) is 7.19. The molecule has 1 atom stereocenters. The number of nitrogens with zero attached hydrogens (tertiary/aromatic N) is 2. The predicted molar refractivity (Wildman–Crippen MR) is 59.1 cm³/mol. The fraction of sp³-hybridized carbons (Fsp3) is 0.900. The number of rotatable bonds is 4. The van der Waals surface area contributed by atoms with Crippen molar-refractivity contribution in [1.29, 1.82) is 0 Å². The summed E-state index contributed by atoms with van der Waals surface area (Å²) in [5, 5.41) is 11.6. The van der Waals surface area contributed by atoms with E-state index in [2.05, 4.69) is 10.1 Å². The van der Waals surface area contributed by atoms with Gasteiger partial charge in [0.2, 0.25) is 0 Å². The Labute approximate surface area is 90.9 Å². The summed E-state index contributed by atoms with van der Waals surface area (Å²) in [5.41, 5.74) is 5.57. The van der Waals surface area contributed by atoms with Crippen LogP contribution in [0.5, 0.6) is 0 Å². The van der Waals surface area contributed by atoms with Gasteiger partial charge in [0.1, 0.15) is 0 Å². The van der Waals surface area contributed by atoms with Crippen molar-refractivity contribution in [2.75, 3.05) is 19.7 Å². The second kappa shape index (κ2) is 5.92. The van der Waals surface area contributed by atoms with E-state index in [0.717, 1.165) is 32.5 Å². The van der Waals surface area contributed by atoms with Crippen LogP contribution in [0.4, 0.5) is 0 Å². The van der Waals surface area contributed by atoms with Crippen LogP contribution >= 0.6 is 0 Å². The van der Waals surface area contributed by atoms with E-state index in [1.165, 1.54) is 0 Å². The van der Waals surface area contributed by atoms with Crippen molar-refractivity contribution in [3.05, 3.63) is 0 Å². The number of hydrogen-bond donors (Lipinski definition) is 2. The summed E-state index contributed by atoms with van der Waals surface area (Å²) in [7, 11) is 0. The van der Waals surface area contributed by atoms with Gasteiger partial charge in [-0.1, -0.05) is 5.16 Å². The molecule has 1 fully saturated rings. The molecule has 0 radical (unpaired) electrons. The highest BCUT2D eigenvalue weighted by Crippen LogP contribution is 2.15. The van der Waals surface area contributed by atoms with Crippen LogP contribution in [0.15, 0.2) is 5.16 Å². The van der Waals surface area contributed by atoms with Gasteiger partial charge in [-0.05, 0) is 26.7 Å². The molecule has 1 unspecified atom stereocenters. The van der Waals surface area contributed by atoms with Gasteiger partial charge >= 0.3 is 0 Å². The molecule has 0 spiro atoms. The van der Waals surface area contributed by atoms with Gasteiger partial charge in [0.25, 0.3) is 0 Å². The van der Waals surface area contributed by atoms with E-state index in [1.54, 1.807) is 0 Å². The Balaban J connectivity index is 2.36. The van der Waals surface area contributed by atoms with Gasteiger partial charge in [0.15, 0.2) is 5.84 Å². The van der Waals surface area contributed by atoms with Crippen LogP contribution in [-0.2, 0) is 4.74 Å².